The number of likely N-dealkylation sites (N-methyl/N-ethyl adjacent to an activating group) is 1. The summed E-state index contributed by atoms with van der Waals surface area (Å²) >= 11 is 0. The summed E-state index contributed by atoms with van der Waals surface area (Å²) in [4.78, 5) is 5.01. The monoisotopic (exact) mass is 275 g/mol. The predicted molar refractivity (Wildman–Crippen MR) is 82.4 cm³/mol. The van der Waals surface area contributed by atoms with Crippen LogP contribution in [0.3, 0.4) is 0 Å². The Morgan fingerprint density at radius 3 is 3.15 bits per heavy atom. The smallest absolute Gasteiger partial charge is 0.146 e. The molecule has 1 saturated heterocycles. The highest BCUT2D eigenvalue weighted by Crippen LogP contribution is 2.32. The lowest BCUT2D eigenvalue weighted by molar-refractivity contribution is 0.191. The second kappa shape index (κ2) is 6.02. The third kappa shape index (κ3) is 2.91. The van der Waals surface area contributed by atoms with Crippen molar-refractivity contribution in [3.05, 3.63) is 23.8 Å². The van der Waals surface area contributed by atoms with Crippen LogP contribution in [0, 0.1) is 0 Å². The lowest BCUT2D eigenvalue weighted by Crippen LogP contribution is -2.37. The number of rotatable bonds is 2. The lowest BCUT2D eigenvalue weighted by Gasteiger charge is -2.30. The van der Waals surface area contributed by atoms with Gasteiger partial charge in [0.1, 0.15) is 12.4 Å². The molecule has 20 heavy (non-hydrogen) atoms. The Bertz CT molecular complexity index is 463. The van der Waals surface area contributed by atoms with Crippen molar-refractivity contribution < 1.29 is 4.74 Å². The van der Waals surface area contributed by atoms with Gasteiger partial charge in [0.25, 0.3) is 0 Å². The average Bonchev–Trinajstić information content (AvgIpc) is 2.61. The zero-order valence-corrected chi connectivity index (χ0v) is 12.6. The van der Waals surface area contributed by atoms with Crippen LogP contribution in [-0.2, 0) is 6.54 Å². The third-order valence-electron chi connectivity index (χ3n) is 4.32. The number of hydrogen-bond acceptors (Lipinski definition) is 4. The molecule has 1 aromatic carbocycles. The van der Waals surface area contributed by atoms with Gasteiger partial charge < -0.3 is 15.0 Å². The highest BCUT2D eigenvalue weighted by atomic mass is 16.5. The Morgan fingerprint density at radius 2 is 2.25 bits per heavy atom. The molecule has 4 nitrogen and oxygen atoms in total. The summed E-state index contributed by atoms with van der Waals surface area (Å²) in [6.45, 7) is 8.50. The molecule has 0 aliphatic carbocycles. The van der Waals surface area contributed by atoms with E-state index in [0.717, 1.165) is 37.7 Å². The summed E-state index contributed by atoms with van der Waals surface area (Å²) in [6.07, 6.45) is 1.25. The zero-order valence-electron chi connectivity index (χ0n) is 12.6. The molecule has 3 rings (SSSR count). The molecular weight excluding hydrogens is 250 g/mol. The van der Waals surface area contributed by atoms with E-state index in [4.69, 9.17) is 4.74 Å². The molecule has 0 amide bonds. The summed E-state index contributed by atoms with van der Waals surface area (Å²) in [5.74, 6) is 1.06. The van der Waals surface area contributed by atoms with Gasteiger partial charge in [-0.3, -0.25) is 4.90 Å². The molecule has 4 heteroatoms. The Balaban J connectivity index is 1.77. The standard InChI is InChI=1S/C16H25N3O/c1-13-11-18(2)8-4-9-19(13)12-14-5-3-6-15-16(14)20-10-7-17-15/h3,5-6,13,17H,4,7-12H2,1-2H3. The predicted octanol–water partition coefficient (Wildman–Crippen LogP) is 2.02. The van der Waals surface area contributed by atoms with Gasteiger partial charge in [-0.15, -0.1) is 0 Å². The van der Waals surface area contributed by atoms with E-state index < -0.39 is 0 Å². The quantitative estimate of drug-likeness (QED) is 0.893. The first-order chi connectivity index (χ1) is 9.74. The molecule has 2 aliphatic heterocycles. The molecule has 110 valence electrons. The molecule has 1 N–H and O–H groups in total. The summed E-state index contributed by atoms with van der Waals surface area (Å²) < 4.78 is 5.88. The second-order valence-electron chi connectivity index (χ2n) is 6.00. The van der Waals surface area contributed by atoms with Gasteiger partial charge in [-0.25, -0.2) is 0 Å². The van der Waals surface area contributed by atoms with Crippen LogP contribution < -0.4 is 10.1 Å². The topological polar surface area (TPSA) is 27.7 Å². The third-order valence-corrected chi connectivity index (χ3v) is 4.32. The molecule has 1 atom stereocenters. The number of hydrogen-bond donors (Lipinski definition) is 1. The van der Waals surface area contributed by atoms with Crippen molar-refractivity contribution in [1.82, 2.24) is 9.80 Å². The fraction of sp³-hybridized carbons (Fsp3) is 0.625. The normalized spacial score (nSPS) is 24.4. The number of ether oxygens (including phenoxy) is 1. The maximum absolute atomic E-state index is 5.88. The molecule has 2 aliphatic rings. The van der Waals surface area contributed by atoms with Crippen LogP contribution in [0.2, 0.25) is 0 Å². The largest absolute Gasteiger partial charge is 0.489 e. The fourth-order valence-electron chi connectivity index (χ4n) is 3.23. The van der Waals surface area contributed by atoms with E-state index in [1.165, 1.54) is 25.1 Å². The highest BCUT2D eigenvalue weighted by Gasteiger charge is 2.22. The number of nitrogens with zero attached hydrogens (tertiary/aromatic N) is 2. The van der Waals surface area contributed by atoms with Crippen molar-refractivity contribution >= 4 is 5.69 Å². The van der Waals surface area contributed by atoms with E-state index in [2.05, 4.69) is 47.3 Å². The van der Waals surface area contributed by atoms with Crippen molar-refractivity contribution in [2.75, 3.05) is 45.2 Å². The number of anilines is 1. The summed E-state index contributed by atoms with van der Waals surface area (Å²) in [7, 11) is 2.22. The number of benzene rings is 1. The first-order valence-electron chi connectivity index (χ1n) is 7.65. The minimum absolute atomic E-state index is 0.593. The highest BCUT2D eigenvalue weighted by molar-refractivity contribution is 5.61. The molecule has 1 fully saturated rings. The number of fused-ring (bicyclic) bond motifs is 1. The van der Waals surface area contributed by atoms with E-state index in [9.17, 15) is 0 Å². The fourth-order valence-corrected chi connectivity index (χ4v) is 3.23. The molecule has 0 spiro atoms. The molecule has 1 unspecified atom stereocenters. The van der Waals surface area contributed by atoms with Crippen LogP contribution in [-0.4, -0.2) is 55.7 Å². The van der Waals surface area contributed by atoms with E-state index in [1.807, 2.05) is 0 Å². The van der Waals surface area contributed by atoms with Crippen LogP contribution in [0.1, 0.15) is 18.9 Å². The zero-order chi connectivity index (χ0) is 13.9. The van der Waals surface area contributed by atoms with Gasteiger partial charge in [-0.1, -0.05) is 12.1 Å². The van der Waals surface area contributed by atoms with E-state index >= 15 is 0 Å². The molecule has 0 aromatic heterocycles. The van der Waals surface area contributed by atoms with Gasteiger partial charge in [0.05, 0.1) is 5.69 Å². The first-order valence-corrected chi connectivity index (χ1v) is 7.65. The van der Waals surface area contributed by atoms with Crippen LogP contribution in [0.25, 0.3) is 0 Å². The minimum atomic E-state index is 0.593. The van der Waals surface area contributed by atoms with Crippen LogP contribution in [0.5, 0.6) is 5.75 Å². The molecule has 0 bridgehead atoms. The Kier molecular flexibility index (Phi) is 4.13. The van der Waals surface area contributed by atoms with Crippen molar-refractivity contribution in [2.24, 2.45) is 0 Å². The van der Waals surface area contributed by atoms with E-state index in [1.54, 1.807) is 0 Å². The molecular formula is C16H25N3O. The number of para-hydroxylation sites is 1. The average molecular weight is 275 g/mol. The van der Waals surface area contributed by atoms with Crippen LogP contribution in [0.15, 0.2) is 18.2 Å². The maximum Gasteiger partial charge on any atom is 0.146 e. The van der Waals surface area contributed by atoms with Gasteiger partial charge >= 0.3 is 0 Å². The first kappa shape index (κ1) is 13.7. The number of nitrogens with one attached hydrogen (secondary N) is 1. The Hall–Kier alpha value is -1.26. The van der Waals surface area contributed by atoms with Crippen molar-refractivity contribution in [3.63, 3.8) is 0 Å². The van der Waals surface area contributed by atoms with E-state index in [-0.39, 0.29) is 0 Å². The van der Waals surface area contributed by atoms with Gasteiger partial charge in [0.2, 0.25) is 0 Å². The molecule has 0 saturated carbocycles. The van der Waals surface area contributed by atoms with Gasteiger partial charge in [0.15, 0.2) is 0 Å². The van der Waals surface area contributed by atoms with Gasteiger partial charge in [-0.05, 0) is 33.0 Å². The minimum Gasteiger partial charge on any atom is -0.489 e. The van der Waals surface area contributed by atoms with Crippen molar-refractivity contribution in [3.8, 4) is 5.75 Å². The lowest BCUT2D eigenvalue weighted by atomic mass is 10.1. The van der Waals surface area contributed by atoms with Crippen LogP contribution >= 0.6 is 0 Å². The summed E-state index contributed by atoms with van der Waals surface area (Å²) in [6, 6.07) is 7.03. The second-order valence-corrected chi connectivity index (χ2v) is 6.00. The Labute approximate surface area is 121 Å². The van der Waals surface area contributed by atoms with E-state index in [0.29, 0.717) is 6.04 Å². The summed E-state index contributed by atoms with van der Waals surface area (Å²) in [5, 5.41) is 3.42. The van der Waals surface area contributed by atoms with Crippen molar-refractivity contribution in [1.29, 1.82) is 0 Å². The van der Waals surface area contributed by atoms with Crippen molar-refractivity contribution in [2.45, 2.75) is 25.9 Å². The van der Waals surface area contributed by atoms with Gasteiger partial charge in [0, 0.05) is 37.8 Å². The van der Waals surface area contributed by atoms with Gasteiger partial charge in [-0.2, -0.15) is 0 Å². The maximum atomic E-state index is 5.88. The SMILES string of the molecule is CC1CN(C)CCCN1Cc1cccc2c1OCCN2. The molecule has 2 heterocycles. The van der Waals surface area contributed by atoms with Crippen LogP contribution in [0.4, 0.5) is 5.69 Å². The molecule has 1 aromatic rings. The summed E-state index contributed by atoms with van der Waals surface area (Å²) in [5.41, 5.74) is 2.46. The molecule has 0 radical (unpaired) electrons. The Morgan fingerprint density at radius 1 is 1.35 bits per heavy atom.